The summed E-state index contributed by atoms with van der Waals surface area (Å²) in [6.07, 6.45) is -5.01. The van der Waals surface area contributed by atoms with E-state index < -0.39 is 17.8 Å². The van der Waals surface area contributed by atoms with Crippen LogP contribution in [0.1, 0.15) is 17.2 Å². The van der Waals surface area contributed by atoms with Crippen LogP contribution >= 0.6 is 34.4 Å². The van der Waals surface area contributed by atoms with Gasteiger partial charge in [0.1, 0.15) is 5.25 Å². The molecule has 0 saturated heterocycles. The van der Waals surface area contributed by atoms with Gasteiger partial charge in [-0.15, -0.1) is 11.8 Å². The van der Waals surface area contributed by atoms with Crippen molar-refractivity contribution < 1.29 is 13.2 Å². The molecule has 1 unspecified atom stereocenters. The van der Waals surface area contributed by atoms with Crippen LogP contribution in [0.5, 0.6) is 0 Å². The van der Waals surface area contributed by atoms with Crippen molar-refractivity contribution >= 4 is 34.4 Å². The summed E-state index contributed by atoms with van der Waals surface area (Å²) in [6, 6.07) is 9.24. The first-order valence-electron chi connectivity index (χ1n) is 4.76. The van der Waals surface area contributed by atoms with Crippen molar-refractivity contribution in [3.63, 3.8) is 0 Å². The number of halogens is 4. The average molecular weight is 371 g/mol. The minimum Gasteiger partial charge on any atom is -0.197 e. The standard InChI is InChI=1S/C11H9F3INS/c12-11(13,14)5-6-17-10(7-16)8-1-3-9(15)4-2-8/h1-4,10H,5-6H2. The number of benzene rings is 1. The Kier molecular flexibility index (Phi) is 5.59. The maximum atomic E-state index is 12.0. The fourth-order valence-electron chi connectivity index (χ4n) is 1.14. The highest BCUT2D eigenvalue weighted by Crippen LogP contribution is 2.31. The fourth-order valence-corrected chi connectivity index (χ4v) is 2.51. The summed E-state index contributed by atoms with van der Waals surface area (Å²) in [6.45, 7) is 0. The molecule has 0 spiro atoms. The van der Waals surface area contributed by atoms with Gasteiger partial charge in [0.05, 0.1) is 12.5 Å². The molecule has 0 amide bonds. The molecule has 0 N–H and O–H groups in total. The Morgan fingerprint density at radius 1 is 1.29 bits per heavy atom. The van der Waals surface area contributed by atoms with Gasteiger partial charge in [0.15, 0.2) is 0 Å². The summed E-state index contributed by atoms with van der Waals surface area (Å²) < 4.78 is 36.9. The van der Waals surface area contributed by atoms with Crippen LogP contribution in [-0.4, -0.2) is 11.9 Å². The van der Waals surface area contributed by atoms with Crippen LogP contribution in [0.15, 0.2) is 24.3 Å². The van der Waals surface area contributed by atoms with Gasteiger partial charge < -0.3 is 0 Å². The summed E-state index contributed by atoms with van der Waals surface area (Å²) in [4.78, 5) is 0. The van der Waals surface area contributed by atoms with Gasteiger partial charge in [-0.05, 0) is 40.3 Å². The highest BCUT2D eigenvalue weighted by molar-refractivity contribution is 14.1. The summed E-state index contributed by atoms with van der Waals surface area (Å²) >= 11 is 3.16. The molecule has 1 aromatic rings. The Balaban J connectivity index is 2.55. The summed E-state index contributed by atoms with van der Waals surface area (Å²) in [5.74, 6) is -0.0896. The number of hydrogen-bond acceptors (Lipinski definition) is 2. The van der Waals surface area contributed by atoms with Crippen molar-refractivity contribution in [2.24, 2.45) is 0 Å². The zero-order valence-electron chi connectivity index (χ0n) is 8.67. The van der Waals surface area contributed by atoms with Crippen molar-refractivity contribution in [1.82, 2.24) is 0 Å². The van der Waals surface area contributed by atoms with Gasteiger partial charge in [0.2, 0.25) is 0 Å². The van der Waals surface area contributed by atoms with E-state index in [-0.39, 0.29) is 5.75 Å². The molecule has 0 saturated carbocycles. The van der Waals surface area contributed by atoms with Gasteiger partial charge >= 0.3 is 6.18 Å². The number of alkyl halides is 3. The van der Waals surface area contributed by atoms with E-state index in [1.54, 1.807) is 12.1 Å². The monoisotopic (exact) mass is 371 g/mol. The Morgan fingerprint density at radius 2 is 1.88 bits per heavy atom. The lowest BCUT2D eigenvalue weighted by Crippen LogP contribution is -2.08. The molecule has 6 heteroatoms. The molecular formula is C11H9F3INS. The molecule has 0 aliphatic carbocycles. The number of hydrogen-bond donors (Lipinski definition) is 0. The lowest BCUT2D eigenvalue weighted by Gasteiger charge is -2.10. The average Bonchev–Trinajstić information content (AvgIpc) is 2.24. The molecule has 0 aromatic heterocycles. The molecule has 92 valence electrons. The molecule has 17 heavy (non-hydrogen) atoms. The van der Waals surface area contributed by atoms with E-state index in [4.69, 9.17) is 5.26 Å². The molecule has 0 aliphatic rings. The third kappa shape index (κ3) is 5.64. The second kappa shape index (κ2) is 6.50. The van der Waals surface area contributed by atoms with Gasteiger partial charge in [-0.1, -0.05) is 12.1 Å². The smallest absolute Gasteiger partial charge is 0.197 e. The van der Waals surface area contributed by atoms with E-state index in [2.05, 4.69) is 22.6 Å². The second-order valence-corrected chi connectivity index (χ2v) is 5.76. The number of nitriles is 1. The van der Waals surface area contributed by atoms with Gasteiger partial charge in [-0.2, -0.15) is 18.4 Å². The molecule has 0 bridgehead atoms. The third-order valence-electron chi connectivity index (χ3n) is 1.96. The maximum Gasteiger partial charge on any atom is 0.389 e. The van der Waals surface area contributed by atoms with Gasteiger partial charge in [0, 0.05) is 9.32 Å². The molecule has 0 heterocycles. The van der Waals surface area contributed by atoms with E-state index in [1.807, 2.05) is 18.2 Å². The first-order chi connectivity index (χ1) is 7.92. The van der Waals surface area contributed by atoms with Crippen LogP contribution in [0.2, 0.25) is 0 Å². The second-order valence-electron chi connectivity index (χ2n) is 3.30. The summed E-state index contributed by atoms with van der Waals surface area (Å²) in [7, 11) is 0. The highest BCUT2D eigenvalue weighted by atomic mass is 127. The first-order valence-corrected chi connectivity index (χ1v) is 6.88. The quantitative estimate of drug-likeness (QED) is 0.726. The number of thioether (sulfide) groups is 1. The van der Waals surface area contributed by atoms with Crippen molar-refractivity contribution in [2.75, 3.05) is 5.75 Å². The Labute approximate surface area is 116 Å². The highest BCUT2D eigenvalue weighted by Gasteiger charge is 2.27. The Hall–Kier alpha value is -0.420. The summed E-state index contributed by atoms with van der Waals surface area (Å²) in [5.41, 5.74) is 0.750. The van der Waals surface area contributed by atoms with Gasteiger partial charge in [-0.3, -0.25) is 0 Å². The Morgan fingerprint density at radius 3 is 2.35 bits per heavy atom. The first kappa shape index (κ1) is 14.6. The van der Waals surface area contributed by atoms with E-state index in [0.717, 1.165) is 20.9 Å². The van der Waals surface area contributed by atoms with Crippen LogP contribution in [0.3, 0.4) is 0 Å². The van der Waals surface area contributed by atoms with Crippen LogP contribution < -0.4 is 0 Å². The molecule has 1 aromatic carbocycles. The molecule has 0 radical (unpaired) electrons. The lowest BCUT2D eigenvalue weighted by atomic mass is 10.2. The van der Waals surface area contributed by atoms with Crippen molar-refractivity contribution in [1.29, 1.82) is 5.26 Å². The maximum absolute atomic E-state index is 12.0. The molecule has 1 rings (SSSR count). The van der Waals surface area contributed by atoms with Crippen molar-refractivity contribution in [3.05, 3.63) is 33.4 Å². The zero-order chi connectivity index (χ0) is 12.9. The molecule has 1 nitrogen and oxygen atoms in total. The molecule has 0 aliphatic heterocycles. The van der Waals surface area contributed by atoms with Crippen LogP contribution in [-0.2, 0) is 0 Å². The van der Waals surface area contributed by atoms with Crippen molar-refractivity contribution in [3.8, 4) is 6.07 Å². The lowest BCUT2D eigenvalue weighted by molar-refractivity contribution is -0.129. The summed E-state index contributed by atoms with van der Waals surface area (Å²) in [5, 5.41) is 8.39. The number of nitrogens with zero attached hydrogens (tertiary/aromatic N) is 1. The van der Waals surface area contributed by atoms with E-state index in [1.165, 1.54) is 0 Å². The largest absolute Gasteiger partial charge is 0.389 e. The normalized spacial score (nSPS) is 13.1. The molecule has 0 fully saturated rings. The minimum atomic E-state index is -4.15. The van der Waals surface area contributed by atoms with E-state index in [9.17, 15) is 13.2 Å². The van der Waals surface area contributed by atoms with Gasteiger partial charge in [0.25, 0.3) is 0 Å². The Bertz CT molecular complexity index is 397. The predicted molar refractivity (Wildman–Crippen MR) is 70.6 cm³/mol. The topological polar surface area (TPSA) is 23.8 Å². The van der Waals surface area contributed by atoms with E-state index >= 15 is 0 Å². The third-order valence-corrected chi connectivity index (χ3v) is 3.83. The SMILES string of the molecule is N#CC(SCCC(F)(F)F)c1ccc(I)cc1. The van der Waals surface area contributed by atoms with Crippen LogP contribution in [0, 0.1) is 14.9 Å². The molecular weight excluding hydrogens is 362 g/mol. The minimum absolute atomic E-state index is 0.0896. The predicted octanol–water partition coefficient (Wildman–Crippen LogP) is 4.54. The number of rotatable bonds is 4. The zero-order valence-corrected chi connectivity index (χ0v) is 11.6. The fraction of sp³-hybridized carbons (Fsp3) is 0.364. The molecule has 1 atom stereocenters. The van der Waals surface area contributed by atoms with Crippen LogP contribution in [0.4, 0.5) is 13.2 Å². The van der Waals surface area contributed by atoms with Crippen molar-refractivity contribution in [2.45, 2.75) is 17.8 Å². The van der Waals surface area contributed by atoms with Crippen LogP contribution in [0.25, 0.3) is 0 Å². The van der Waals surface area contributed by atoms with Gasteiger partial charge in [-0.25, -0.2) is 0 Å². The van der Waals surface area contributed by atoms with E-state index in [0.29, 0.717) is 0 Å².